The average molecular weight is 228 g/mol. The monoisotopic (exact) mass is 228 g/mol. The number of hydrogen-bond acceptors (Lipinski definition) is 4. The van der Waals surface area contributed by atoms with E-state index in [0.29, 0.717) is 0 Å². The summed E-state index contributed by atoms with van der Waals surface area (Å²) in [5, 5.41) is 3.52. The highest BCUT2D eigenvalue weighted by atomic mass is 16.5. The molecule has 0 aromatic heterocycles. The summed E-state index contributed by atoms with van der Waals surface area (Å²) in [5.41, 5.74) is 0. The highest BCUT2D eigenvalue weighted by Crippen LogP contribution is 2.14. The van der Waals surface area contributed by atoms with E-state index in [-0.39, 0.29) is 0 Å². The summed E-state index contributed by atoms with van der Waals surface area (Å²) in [6, 6.07) is 0. The van der Waals surface area contributed by atoms with Crippen LogP contribution in [0.4, 0.5) is 0 Å². The molecule has 2 saturated heterocycles. The van der Waals surface area contributed by atoms with E-state index >= 15 is 0 Å². The van der Waals surface area contributed by atoms with Crippen molar-refractivity contribution in [3.8, 4) is 0 Å². The van der Waals surface area contributed by atoms with Crippen LogP contribution in [0.3, 0.4) is 0 Å². The second-order valence-corrected chi connectivity index (χ2v) is 4.72. The number of hydrogen-bond donors (Lipinski definition) is 1. The maximum Gasteiger partial charge on any atom is 0.0594 e. The maximum absolute atomic E-state index is 5.36. The Bertz CT molecular complexity index is 178. The number of nitrogens with zero attached hydrogens (tertiary/aromatic N) is 1. The lowest BCUT2D eigenvalue weighted by molar-refractivity contribution is 0.0384. The Hall–Kier alpha value is -0.160. The van der Waals surface area contributed by atoms with Crippen molar-refractivity contribution in [2.75, 3.05) is 59.2 Å². The lowest BCUT2D eigenvalue weighted by atomic mass is 10.1. The molecule has 0 aliphatic carbocycles. The zero-order chi connectivity index (χ0) is 11.1. The third-order valence-electron chi connectivity index (χ3n) is 3.46. The van der Waals surface area contributed by atoms with Gasteiger partial charge in [-0.3, -0.25) is 4.90 Å². The number of rotatable bonds is 6. The third-order valence-corrected chi connectivity index (χ3v) is 3.46. The van der Waals surface area contributed by atoms with Gasteiger partial charge in [-0.25, -0.2) is 0 Å². The molecular formula is C12H24N2O2. The summed E-state index contributed by atoms with van der Waals surface area (Å²) >= 11 is 0. The van der Waals surface area contributed by atoms with Crippen molar-refractivity contribution < 1.29 is 9.47 Å². The van der Waals surface area contributed by atoms with Gasteiger partial charge in [-0.2, -0.15) is 0 Å². The Morgan fingerprint density at radius 1 is 1.06 bits per heavy atom. The molecule has 0 bridgehead atoms. The Morgan fingerprint density at radius 3 is 2.69 bits per heavy atom. The maximum atomic E-state index is 5.36. The van der Waals surface area contributed by atoms with Crippen LogP contribution in [0.25, 0.3) is 0 Å². The largest absolute Gasteiger partial charge is 0.381 e. The molecule has 0 aromatic rings. The van der Waals surface area contributed by atoms with E-state index < -0.39 is 0 Å². The molecule has 2 aliphatic rings. The van der Waals surface area contributed by atoms with Crippen LogP contribution in [0.15, 0.2) is 0 Å². The van der Waals surface area contributed by atoms with Crippen LogP contribution < -0.4 is 5.32 Å². The highest BCUT2D eigenvalue weighted by Gasteiger charge is 2.14. The predicted octanol–water partition coefficient (Wildman–Crippen LogP) is 0.335. The predicted molar refractivity (Wildman–Crippen MR) is 63.7 cm³/mol. The zero-order valence-electron chi connectivity index (χ0n) is 10.1. The first-order chi connectivity index (χ1) is 7.95. The van der Waals surface area contributed by atoms with Crippen molar-refractivity contribution in [2.24, 2.45) is 5.92 Å². The number of ether oxygens (including phenoxy) is 2. The van der Waals surface area contributed by atoms with Gasteiger partial charge in [0, 0.05) is 39.4 Å². The van der Waals surface area contributed by atoms with Crippen LogP contribution in [0.2, 0.25) is 0 Å². The summed E-state index contributed by atoms with van der Waals surface area (Å²) in [5.74, 6) is 0.802. The van der Waals surface area contributed by atoms with Crippen molar-refractivity contribution in [2.45, 2.75) is 12.8 Å². The van der Waals surface area contributed by atoms with Gasteiger partial charge in [-0.05, 0) is 25.3 Å². The van der Waals surface area contributed by atoms with Crippen molar-refractivity contribution in [1.82, 2.24) is 10.2 Å². The van der Waals surface area contributed by atoms with Gasteiger partial charge in [0.1, 0.15) is 0 Å². The van der Waals surface area contributed by atoms with E-state index in [1.165, 1.54) is 12.8 Å². The van der Waals surface area contributed by atoms with E-state index in [4.69, 9.17) is 9.47 Å². The molecule has 94 valence electrons. The fourth-order valence-corrected chi connectivity index (χ4v) is 2.30. The Morgan fingerprint density at radius 2 is 1.94 bits per heavy atom. The van der Waals surface area contributed by atoms with Crippen LogP contribution in [-0.4, -0.2) is 64.1 Å². The van der Waals surface area contributed by atoms with Crippen LogP contribution in [-0.2, 0) is 9.47 Å². The van der Waals surface area contributed by atoms with Gasteiger partial charge in [-0.1, -0.05) is 0 Å². The second-order valence-electron chi connectivity index (χ2n) is 4.72. The first-order valence-electron chi connectivity index (χ1n) is 6.54. The minimum absolute atomic E-state index is 0.802. The fraction of sp³-hybridized carbons (Fsp3) is 1.00. The van der Waals surface area contributed by atoms with Gasteiger partial charge in [0.25, 0.3) is 0 Å². The number of nitrogens with one attached hydrogen (secondary N) is 1. The molecule has 0 amide bonds. The Labute approximate surface area is 98.3 Å². The Kier molecular flexibility index (Phi) is 5.55. The fourth-order valence-electron chi connectivity index (χ4n) is 2.30. The van der Waals surface area contributed by atoms with Gasteiger partial charge in [0.2, 0.25) is 0 Å². The van der Waals surface area contributed by atoms with E-state index in [2.05, 4.69) is 10.2 Å². The number of morpholine rings is 1. The topological polar surface area (TPSA) is 33.7 Å². The Balaban J connectivity index is 1.42. The molecule has 1 unspecified atom stereocenters. The second kappa shape index (κ2) is 7.22. The van der Waals surface area contributed by atoms with Crippen LogP contribution in [0.5, 0.6) is 0 Å². The van der Waals surface area contributed by atoms with E-state index in [1.807, 2.05) is 0 Å². The van der Waals surface area contributed by atoms with E-state index in [1.54, 1.807) is 0 Å². The van der Waals surface area contributed by atoms with Gasteiger partial charge in [0.05, 0.1) is 13.2 Å². The average Bonchev–Trinajstić information content (AvgIpc) is 2.83. The molecular weight excluding hydrogens is 204 g/mol. The normalized spacial score (nSPS) is 27.4. The minimum Gasteiger partial charge on any atom is -0.381 e. The summed E-state index contributed by atoms with van der Waals surface area (Å²) in [7, 11) is 0. The smallest absolute Gasteiger partial charge is 0.0594 e. The van der Waals surface area contributed by atoms with Gasteiger partial charge in [0.15, 0.2) is 0 Å². The minimum atomic E-state index is 0.802. The molecule has 2 fully saturated rings. The van der Waals surface area contributed by atoms with Crippen molar-refractivity contribution in [3.05, 3.63) is 0 Å². The molecule has 0 spiro atoms. The molecule has 4 nitrogen and oxygen atoms in total. The van der Waals surface area contributed by atoms with Crippen molar-refractivity contribution in [3.63, 3.8) is 0 Å². The molecule has 0 radical (unpaired) electrons. The van der Waals surface area contributed by atoms with Crippen molar-refractivity contribution >= 4 is 0 Å². The van der Waals surface area contributed by atoms with E-state index in [0.717, 1.165) is 65.1 Å². The zero-order valence-corrected chi connectivity index (χ0v) is 10.1. The standard InChI is InChI=1S/C12H24N2O2/c1(12-2-8-16-11-12)3-13-4-5-14-6-9-15-10-7-14/h12-13H,1-11H2. The lowest BCUT2D eigenvalue weighted by Gasteiger charge is -2.26. The molecule has 2 heterocycles. The molecule has 2 aliphatic heterocycles. The van der Waals surface area contributed by atoms with Crippen LogP contribution in [0, 0.1) is 5.92 Å². The molecule has 0 aromatic carbocycles. The molecule has 2 rings (SSSR count). The highest BCUT2D eigenvalue weighted by molar-refractivity contribution is 4.67. The van der Waals surface area contributed by atoms with Gasteiger partial charge >= 0.3 is 0 Å². The van der Waals surface area contributed by atoms with E-state index in [9.17, 15) is 0 Å². The van der Waals surface area contributed by atoms with Gasteiger partial charge < -0.3 is 14.8 Å². The SMILES string of the molecule is C(CC1CCOC1)NCCN1CCOCC1. The van der Waals surface area contributed by atoms with Crippen LogP contribution in [0.1, 0.15) is 12.8 Å². The summed E-state index contributed by atoms with van der Waals surface area (Å²) in [4.78, 5) is 2.47. The van der Waals surface area contributed by atoms with Crippen molar-refractivity contribution in [1.29, 1.82) is 0 Å². The van der Waals surface area contributed by atoms with Crippen LogP contribution >= 0.6 is 0 Å². The molecule has 1 N–H and O–H groups in total. The lowest BCUT2D eigenvalue weighted by Crippen LogP contribution is -2.40. The molecule has 1 atom stereocenters. The third kappa shape index (κ3) is 4.37. The quantitative estimate of drug-likeness (QED) is 0.665. The molecule has 4 heteroatoms. The summed E-state index contributed by atoms with van der Waals surface area (Å²) in [6.45, 7) is 9.34. The first-order valence-corrected chi connectivity index (χ1v) is 6.54. The summed E-state index contributed by atoms with van der Waals surface area (Å²) in [6.07, 6.45) is 2.52. The summed E-state index contributed by atoms with van der Waals surface area (Å²) < 4.78 is 10.7. The molecule has 0 saturated carbocycles. The molecule has 16 heavy (non-hydrogen) atoms. The van der Waals surface area contributed by atoms with Gasteiger partial charge in [-0.15, -0.1) is 0 Å². The first kappa shape index (κ1) is 12.3.